The maximum atomic E-state index is 14.7. The third-order valence-electron chi connectivity index (χ3n) is 13.4. The summed E-state index contributed by atoms with van der Waals surface area (Å²) in [6, 6.07) is 16.3. The normalized spacial score (nSPS) is 21.8. The van der Waals surface area contributed by atoms with Crippen LogP contribution in [0.1, 0.15) is 90.7 Å². The highest BCUT2D eigenvalue weighted by molar-refractivity contribution is 5.96. The number of hydrogen-bond donors (Lipinski definition) is 2. The van der Waals surface area contributed by atoms with Crippen molar-refractivity contribution in [2.75, 3.05) is 46.9 Å². The molecule has 7 rings (SSSR count). The molecule has 2 aromatic heterocycles. The van der Waals surface area contributed by atoms with Crippen LogP contribution in [0.5, 0.6) is 0 Å². The Labute approximate surface area is 372 Å². The third-order valence-corrected chi connectivity index (χ3v) is 13.4. The van der Waals surface area contributed by atoms with Crippen LogP contribution in [0.4, 0.5) is 0 Å². The SMILES string of the molecule is CCN1CCC(C(=O)N(C)C(C(=O)NC2Cc3cccc(c3)-c3ccc4c(c3)c(c(-c3cccnc3C(C)OC)n4CC)CC(C)(C)COC(=O)C3CCCN(N3)C2=O)C(C)C)C1. The van der Waals surface area contributed by atoms with Crippen LogP contribution in [0.25, 0.3) is 33.3 Å². The third kappa shape index (κ3) is 9.71. The molecule has 0 aliphatic carbocycles. The summed E-state index contributed by atoms with van der Waals surface area (Å²) in [6.07, 6.45) is 4.20. The predicted molar refractivity (Wildman–Crippen MR) is 245 cm³/mol. The second kappa shape index (κ2) is 19.3. The van der Waals surface area contributed by atoms with Gasteiger partial charge in [0.2, 0.25) is 11.8 Å². The van der Waals surface area contributed by atoms with E-state index in [1.807, 2.05) is 39.0 Å². The van der Waals surface area contributed by atoms with Gasteiger partial charge in [-0.15, -0.1) is 0 Å². The van der Waals surface area contributed by atoms with Crippen molar-refractivity contribution in [3.63, 3.8) is 0 Å². The number of amides is 3. The van der Waals surface area contributed by atoms with Crippen LogP contribution in [0.2, 0.25) is 0 Å². The highest BCUT2D eigenvalue weighted by Crippen LogP contribution is 2.42. The number of carbonyl (C=O) groups excluding carboxylic acids is 4. The van der Waals surface area contributed by atoms with Crippen molar-refractivity contribution < 1.29 is 28.7 Å². The monoisotopic (exact) mass is 862 g/mol. The van der Waals surface area contributed by atoms with Crippen LogP contribution in [0.15, 0.2) is 60.8 Å². The number of fused-ring (bicyclic) bond motifs is 6. The number of hydrazine groups is 1. The zero-order valence-electron chi connectivity index (χ0n) is 38.7. The number of rotatable bonds is 10. The quantitative estimate of drug-likeness (QED) is 0.170. The Kier molecular flexibility index (Phi) is 14.1. The molecule has 5 heterocycles. The number of ether oxygens (including phenoxy) is 2. The number of cyclic esters (lactones) is 1. The van der Waals surface area contributed by atoms with Gasteiger partial charge in [-0.3, -0.25) is 29.2 Å². The maximum absolute atomic E-state index is 14.7. The second-order valence-electron chi connectivity index (χ2n) is 18.9. The van der Waals surface area contributed by atoms with Crippen molar-refractivity contribution in [2.45, 2.75) is 111 Å². The zero-order valence-corrected chi connectivity index (χ0v) is 38.7. The van der Waals surface area contributed by atoms with Gasteiger partial charge in [0.1, 0.15) is 18.1 Å². The van der Waals surface area contributed by atoms with Gasteiger partial charge in [0.15, 0.2) is 0 Å². The Morgan fingerprint density at radius 1 is 1.02 bits per heavy atom. The molecule has 3 aliphatic rings. The van der Waals surface area contributed by atoms with Gasteiger partial charge in [0, 0.05) is 68.3 Å². The fourth-order valence-electron chi connectivity index (χ4n) is 9.92. The van der Waals surface area contributed by atoms with E-state index in [9.17, 15) is 19.2 Å². The van der Waals surface area contributed by atoms with E-state index in [0.29, 0.717) is 32.4 Å². The molecular weight excluding hydrogens is 795 g/mol. The largest absolute Gasteiger partial charge is 0.464 e. The van der Waals surface area contributed by atoms with Crippen molar-refractivity contribution in [1.29, 1.82) is 0 Å². The summed E-state index contributed by atoms with van der Waals surface area (Å²) in [4.78, 5) is 65.5. The Morgan fingerprint density at radius 2 is 1.79 bits per heavy atom. The minimum absolute atomic E-state index is 0.0577. The first kappa shape index (κ1) is 45.9. The molecule has 338 valence electrons. The highest BCUT2D eigenvalue weighted by atomic mass is 16.5. The molecule has 0 radical (unpaired) electrons. The molecule has 2 fully saturated rings. The van der Waals surface area contributed by atoms with E-state index in [1.54, 1.807) is 25.3 Å². The average molecular weight is 862 g/mol. The molecule has 3 aliphatic heterocycles. The second-order valence-corrected chi connectivity index (χ2v) is 18.9. The van der Waals surface area contributed by atoms with Gasteiger partial charge in [0.05, 0.1) is 30.0 Å². The summed E-state index contributed by atoms with van der Waals surface area (Å²) in [5, 5.41) is 5.68. The van der Waals surface area contributed by atoms with E-state index in [-0.39, 0.29) is 48.7 Å². The first-order chi connectivity index (χ1) is 30.1. The van der Waals surface area contributed by atoms with Crippen LogP contribution in [-0.2, 0) is 48.0 Å². The molecule has 2 aromatic carbocycles. The van der Waals surface area contributed by atoms with Crippen molar-refractivity contribution in [2.24, 2.45) is 17.3 Å². The first-order valence-electron chi connectivity index (χ1n) is 22.9. The van der Waals surface area contributed by atoms with Crippen molar-refractivity contribution in [3.05, 3.63) is 77.6 Å². The van der Waals surface area contributed by atoms with E-state index in [0.717, 1.165) is 76.2 Å². The summed E-state index contributed by atoms with van der Waals surface area (Å²) in [5.41, 5.74) is 10.7. The number of benzene rings is 2. The number of methoxy groups -OCH3 is 1. The fraction of sp³-hybridized carbons (Fsp3) is 0.540. The molecule has 2 saturated heterocycles. The number of nitrogens with one attached hydrogen (secondary N) is 2. The summed E-state index contributed by atoms with van der Waals surface area (Å²) in [7, 11) is 3.40. The Balaban J connectivity index is 1.31. The molecular formula is C50H67N7O6. The van der Waals surface area contributed by atoms with Gasteiger partial charge in [-0.2, -0.15) is 0 Å². The van der Waals surface area contributed by atoms with Gasteiger partial charge in [0.25, 0.3) is 5.91 Å². The molecule has 0 spiro atoms. The highest BCUT2D eigenvalue weighted by Gasteiger charge is 2.39. The van der Waals surface area contributed by atoms with Gasteiger partial charge in [-0.05, 0) is 105 Å². The average Bonchev–Trinajstić information content (AvgIpc) is 3.89. The van der Waals surface area contributed by atoms with Crippen LogP contribution in [0, 0.1) is 17.3 Å². The van der Waals surface area contributed by atoms with E-state index in [4.69, 9.17) is 14.5 Å². The maximum Gasteiger partial charge on any atom is 0.324 e. The number of carbonyl (C=O) groups is 4. The first-order valence-corrected chi connectivity index (χ1v) is 22.9. The Morgan fingerprint density at radius 3 is 2.51 bits per heavy atom. The van der Waals surface area contributed by atoms with Crippen LogP contribution in [0.3, 0.4) is 0 Å². The number of pyridine rings is 1. The summed E-state index contributed by atoms with van der Waals surface area (Å²) in [5.74, 6) is -1.62. The smallest absolute Gasteiger partial charge is 0.324 e. The van der Waals surface area contributed by atoms with Crippen LogP contribution < -0.4 is 10.7 Å². The lowest BCUT2D eigenvalue weighted by Crippen LogP contribution is -2.62. The van der Waals surface area contributed by atoms with E-state index >= 15 is 0 Å². The zero-order chi connectivity index (χ0) is 45.2. The summed E-state index contributed by atoms with van der Waals surface area (Å²) < 4.78 is 14.3. The molecule has 13 nitrogen and oxygen atoms in total. The molecule has 13 heteroatoms. The van der Waals surface area contributed by atoms with Crippen molar-refractivity contribution in [3.8, 4) is 22.4 Å². The lowest BCUT2D eigenvalue weighted by Gasteiger charge is -2.37. The number of aromatic nitrogens is 2. The number of aryl methyl sites for hydroxylation is 1. The van der Waals surface area contributed by atoms with E-state index in [2.05, 4.69) is 84.3 Å². The summed E-state index contributed by atoms with van der Waals surface area (Å²) in [6.45, 7) is 18.0. The van der Waals surface area contributed by atoms with Crippen molar-refractivity contribution >= 4 is 34.6 Å². The van der Waals surface area contributed by atoms with E-state index < -0.39 is 29.5 Å². The lowest BCUT2D eigenvalue weighted by atomic mass is 9.84. The minimum Gasteiger partial charge on any atom is -0.464 e. The van der Waals surface area contributed by atoms with Gasteiger partial charge < -0.3 is 29.2 Å². The molecule has 4 aromatic rings. The molecule has 5 unspecified atom stereocenters. The number of hydrogen-bond acceptors (Lipinski definition) is 9. The number of nitrogens with zero attached hydrogens (tertiary/aromatic N) is 5. The number of likely N-dealkylation sites (tertiary alicyclic amines) is 1. The van der Waals surface area contributed by atoms with E-state index in [1.165, 1.54) is 5.01 Å². The number of likely N-dealkylation sites (N-methyl/N-ethyl adjacent to an activating group) is 1. The Bertz CT molecular complexity index is 2320. The lowest BCUT2D eigenvalue weighted by molar-refractivity contribution is -0.155. The summed E-state index contributed by atoms with van der Waals surface area (Å²) >= 11 is 0. The molecule has 5 atom stereocenters. The standard InChI is InChI=1S/C50H67N7O6/c1-10-55-24-21-36(29-55)47(59)54(8)44(31(3)4)46(58)52-41-26-33-15-12-16-34(25-33)35-19-20-42-38(27-35)39(45(56(42)11-2)37-17-13-22-51-43(37)32(5)62-9)28-50(6,7)30-63-49(61)40-18-14-23-57(53-40)48(41)60/h12-13,15-17,19-20,22,25,27,31-32,36,40-41,44,53H,10-11,14,18,21,23-24,26,28-30H2,1-9H3,(H,52,58). The fourth-order valence-corrected chi connectivity index (χ4v) is 9.92. The molecule has 2 N–H and O–H groups in total. The Hall–Kier alpha value is -5.11. The molecule has 3 amide bonds. The molecule has 63 heavy (non-hydrogen) atoms. The van der Waals surface area contributed by atoms with Crippen LogP contribution >= 0.6 is 0 Å². The van der Waals surface area contributed by atoms with Crippen molar-refractivity contribution in [1.82, 2.24) is 35.1 Å². The van der Waals surface area contributed by atoms with Gasteiger partial charge in [-0.25, -0.2) is 5.43 Å². The van der Waals surface area contributed by atoms with Gasteiger partial charge >= 0.3 is 5.97 Å². The predicted octanol–water partition coefficient (Wildman–Crippen LogP) is 6.57. The topological polar surface area (TPSA) is 138 Å². The van der Waals surface area contributed by atoms with Gasteiger partial charge in [-0.1, -0.05) is 65.0 Å². The minimum atomic E-state index is -0.988. The number of esters is 1. The van der Waals surface area contributed by atoms with Crippen LogP contribution in [-0.4, -0.2) is 113 Å². The molecule has 0 saturated carbocycles. The molecule has 6 bridgehead atoms.